The molecule has 0 amide bonds. The maximum atomic E-state index is 5.91. The maximum Gasteiger partial charge on any atom is 0.234 e. The molecule has 0 radical (unpaired) electrons. The highest BCUT2D eigenvalue weighted by molar-refractivity contribution is 7.80. The number of anilines is 2. The average Bonchev–Trinajstić information content (AvgIpc) is 2.63. The van der Waals surface area contributed by atoms with Crippen molar-refractivity contribution in [2.45, 2.75) is 19.8 Å². The number of nitrogens with one attached hydrogen (secondary N) is 2. The van der Waals surface area contributed by atoms with Crippen molar-refractivity contribution in [2.75, 3.05) is 30.4 Å². The van der Waals surface area contributed by atoms with Crippen molar-refractivity contribution in [3.8, 4) is 11.6 Å². The molecule has 2 heterocycles. The Hall–Kier alpha value is -2.41. The van der Waals surface area contributed by atoms with E-state index in [0.717, 1.165) is 43.4 Å². The quantitative estimate of drug-likeness (QED) is 0.813. The van der Waals surface area contributed by atoms with Gasteiger partial charge in [-0.15, -0.1) is 0 Å². The van der Waals surface area contributed by atoms with Crippen LogP contribution in [0, 0.1) is 5.92 Å². The Morgan fingerprint density at radius 2 is 1.92 bits per heavy atom. The van der Waals surface area contributed by atoms with Crippen LogP contribution in [0.3, 0.4) is 0 Å². The first-order valence-electron chi connectivity index (χ1n) is 8.49. The summed E-state index contributed by atoms with van der Waals surface area (Å²) in [6.07, 6.45) is 2.33. The highest BCUT2D eigenvalue weighted by atomic mass is 32.1. The predicted octanol–water partition coefficient (Wildman–Crippen LogP) is 3.42. The van der Waals surface area contributed by atoms with E-state index in [1.165, 1.54) is 0 Å². The Labute approximate surface area is 153 Å². The summed E-state index contributed by atoms with van der Waals surface area (Å²) in [5, 5.41) is 6.34. The molecule has 1 aromatic heterocycles. The second-order valence-electron chi connectivity index (χ2n) is 6.18. The second kappa shape index (κ2) is 8.11. The Morgan fingerprint density at radius 1 is 1.20 bits per heavy atom. The number of para-hydroxylation sites is 1. The van der Waals surface area contributed by atoms with E-state index in [4.69, 9.17) is 17.0 Å². The minimum atomic E-state index is 0.432. The molecular formula is C18H23N5OS. The first-order chi connectivity index (χ1) is 12.1. The molecule has 1 saturated heterocycles. The van der Waals surface area contributed by atoms with E-state index < -0.39 is 0 Å². The number of rotatable bonds is 4. The summed E-state index contributed by atoms with van der Waals surface area (Å²) in [4.78, 5) is 11.3. The van der Waals surface area contributed by atoms with Gasteiger partial charge in [-0.25, -0.2) is 0 Å². The molecule has 25 heavy (non-hydrogen) atoms. The van der Waals surface area contributed by atoms with Crippen LogP contribution in [0.1, 0.15) is 19.8 Å². The monoisotopic (exact) mass is 357 g/mol. The Morgan fingerprint density at radius 3 is 2.60 bits per heavy atom. The first-order valence-corrected chi connectivity index (χ1v) is 8.90. The molecule has 132 valence electrons. The number of thiocarbonyl (C=S) groups is 1. The molecule has 1 aliphatic heterocycles. The van der Waals surface area contributed by atoms with Crippen molar-refractivity contribution in [3.05, 3.63) is 36.4 Å². The van der Waals surface area contributed by atoms with Crippen LogP contribution in [0.4, 0.5) is 11.8 Å². The number of hydrogen-bond donors (Lipinski definition) is 2. The molecule has 0 aliphatic carbocycles. The van der Waals surface area contributed by atoms with Crippen LogP contribution in [-0.2, 0) is 0 Å². The summed E-state index contributed by atoms with van der Waals surface area (Å²) in [5.41, 5.74) is 0. The number of nitrogens with zero attached hydrogens (tertiary/aromatic N) is 3. The van der Waals surface area contributed by atoms with E-state index in [1.807, 2.05) is 36.4 Å². The zero-order valence-corrected chi connectivity index (χ0v) is 15.3. The van der Waals surface area contributed by atoms with Gasteiger partial charge in [0.1, 0.15) is 11.6 Å². The number of ether oxygens (including phenoxy) is 1. The number of hydrogen-bond acceptors (Lipinski definition) is 5. The second-order valence-corrected chi connectivity index (χ2v) is 6.59. The predicted molar refractivity (Wildman–Crippen MR) is 104 cm³/mol. The number of piperidine rings is 1. The van der Waals surface area contributed by atoms with Gasteiger partial charge in [-0.1, -0.05) is 25.1 Å². The Bertz CT molecular complexity index is 717. The van der Waals surface area contributed by atoms with Crippen LogP contribution in [0.25, 0.3) is 0 Å². The zero-order chi connectivity index (χ0) is 17.6. The van der Waals surface area contributed by atoms with E-state index in [9.17, 15) is 0 Å². The molecule has 0 bridgehead atoms. The van der Waals surface area contributed by atoms with Gasteiger partial charge in [0.25, 0.3) is 0 Å². The molecule has 7 heteroatoms. The van der Waals surface area contributed by atoms with E-state index in [1.54, 1.807) is 7.05 Å². The lowest BCUT2D eigenvalue weighted by Crippen LogP contribution is -2.34. The lowest BCUT2D eigenvalue weighted by molar-refractivity contribution is 0.434. The summed E-state index contributed by atoms with van der Waals surface area (Å²) in [6, 6.07) is 11.5. The van der Waals surface area contributed by atoms with Gasteiger partial charge in [0.2, 0.25) is 11.8 Å². The Balaban J connectivity index is 1.86. The lowest BCUT2D eigenvalue weighted by Gasteiger charge is -2.31. The van der Waals surface area contributed by atoms with Gasteiger partial charge in [-0.05, 0) is 43.1 Å². The minimum absolute atomic E-state index is 0.432. The fourth-order valence-corrected chi connectivity index (χ4v) is 2.79. The zero-order valence-electron chi connectivity index (χ0n) is 14.5. The minimum Gasteiger partial charge on any atom is -0.439 e. The number of benzene rings is 1. The third-order valence-corrected chi connectivity index (χ3v) is 4.52. The summed E-state index contributed by atoms with van der Waals surface area (Å²) in [7, 11) is 1.76. The summed E-state index contributed by atoms with van der Waals surface area (Å²) in [5.74, 6) is 3.28. The molecule has 0 atom stereocenters. The third kappa shape index (κ3) is 4.79. The van der Waals surface area contributed by atoms with E-state index >= 15 is 0 Å². The fraction of sp³-hybridized carbons (Fsp3) is 0.389. The van der Waals surface area contributed by atoms with Crippen molar-refractivity contribution in [3.63, 3.8) is 0 Å². The van der Waals surface area contributed by atoms with Crippen molar-refractivity contribution >= 4 is 29.1 Å². The highest BCUT2D eigenvalue weighted by Crippen LogP contribution is 2.27. The van der Waals surface area contributed by atoms with Gasteiger partial charge < -0.3 is 20.3 Å². The summed E-state index contributed by atoms with van der Waals surface area (Å²) >= 11 is 5.17. The smallest absolute Gasteiger partial charge is 0.234 e. The normalized spacial score (nSPS) is 14.9. The largest absolute Gasteiger partial charge is 0.439 e. The fourth-order valence-electron chi connectivity index (χ4n) is 2.69. The standard InChI is InChI=1S/C18H23N5OS/c1-13-8-10-23(11-9-13)15-12-16(24-14-6-4-3-5-7-14)21-17(20-15)22-18(25)19-2/h3-7,12-13H,8-11H2,1-2H3,(H2,19,20,21,22,25). The molecule has 3 rings (SSSR count). The Kier molecular flexibility index (Phi) is 5.65. The molecule has 0 saturated carbocycles. The molecule has 0 spiro atoms. The summed E-state index contributed by atoms with van der Waals surface area (Å²) < 4.78 is 5.91. The lowest BCUT2D eigenvalue weighted by atomic mass is 9.99. The van der Waals surface area contributed by atoms with Crippen molar-refractivity contribution in [1.82, 2.24) is 15.3 Å². The summed E-state index contributed by atoms with van der Waals surface area (Å²) in [6.45, 7) is 4.26. The van der Waals surface area contributed by atoms with Crippen LogP contribution in [-0.4, -0.2) is 35.2 Å². The van der Waals surface area contributed by atoms with Gasteiger partial charge in [-0.3, -0.25) is 0 Å². The van der Waals surface area contributed by atoms with Gasteiger partial charge in [-0.2, -0.15) is 9.97 Å². The van der Waals surface area contributed by atoms with E-state index in [0.29, 0.717) is 16.9 Å². The maximum absolute atomic E-state index is 5.91. The molecule has 2 aromatic rings. The number of aromatic nitrogens is 2. The van der Waals surface area contributed by atoms with Crippen molar-refractivity contribution in [2.24, 2.45) is 5.92 Å². The van der Waals surface area contributed by atoms with Crippen molar-refractivity contribution in [1.29, 1.82) is 0 Å². The topological polar surface area (TPSA) is 62.3 Å². The molecular weight excluding hydrogens is 334 g/mol. The molecule has 1 aliphatic rings. The van der Waals surface area contributed by atoms with Crippen LogP contribution in [0.15, 0.2) is 36.4 Å². The molecule has 1 aromatic carbocycles. The van der Waals surface area contributed by atoms with Crippen LogP contribution in [0.5, 0.6) is 11.6 Å². The molecule has 6 nitrogen and oxygen atoms in total. The van der Waals surface area contributed by atoms with Crippen molar-refractivity contribution < 1.29 is 4.74 Å². The molecule has 2 N–H and O–H groups in total. The third-order valence-electron chi connectivity index (χ3n) is 4.21. The average molecular weight is 357 g/mol. The first kappa shape index (κ1) is 17.4. The van der Waals surface area contributed by atoms with Crippen LogP contribution in [0.2, 0.25) is 0 Å². The van der Waals surface area contributed by atoms with Crippen LogP contribution >= 0.6 is 12.2 Å². The molecule has 0 unspecified atom stereocenters. The van der Waals surface area contributed by atoms with Gasteiger partial charge in [0.15, 0.2) is 5.11 Å². The van der Waals surface area contributed by atoms with Gasteiger partial charge in [0.05, 0.1) is 0 Å². The molecule has 1 fully saturated rings. The SMILES string of the molecule is CNC(=S)Nc1nc(Oc2ccccc2)cc(N2CCC(C)CC2)n1. The van der Waals surface area contributed by atoms with Gasteiger partial charge in [0, 0.05) is 26.2 Å². The van der Waals surface area contributed by atoms with E-state index in [-0.39, 0.29) is 0 Å². The van der Waals surface area contributed by atoms with Crippen LogP contribution < -0.4 is 20.3 Å². The highest BCUT2D eigenvalue weighted by Gasteiger charge is 2.19. The van der Waals surface area contributed by atoms with E-state index in [2.05, 4.69) is 32.4 Å². The van der Waals surface area contributed by atoms with Gasteiger partial charge >= 0.3 is 0 Å².